The van der Waals surface area contributed by atoms with Crippen LogP contribution in [0, 0.1) is 18.2 Å². The molecule has 4 rings (SSSR count). The molecule has 4 heterocycles. The Morgan fingerprint density at radius 2 is 2.08 bits per heavy atom. The number of hydrogen-bond donors (Lipinski definition) is 0. The Morgan fingerprint density at radius 3 is 2.77 bits per heavy atom. The van der Waals surface area contributed by atoms with Gasteiger partial charge in [0.25, 0.3) is 5.91 Å². The normalized spacial score (nSPS) is 24.3. The summed E-state index contributed by atoms with van der Waals surface area (Å²) in [6.45, 7) is 6.50. The molecule has 1 atom stereocenters. The first-order valence-electron chi connectivity index (χ1n) is 9.20. The van der Waals surface area contributed by atoms with Crippen LogP contribution >= 0.6 is 22.7 Å². The molecular formula is C19H24FN3OS2. The Kier molecular flexibility index (Phi) is 5.12. The summed E-state index contributed by atoms with van der Waals surface area (Å²) in [5.41, 5.74) is 1.29. The van der Waals surface area contributed by atoms with Crippen molar-refractivity contribution >= 4 is 28.6 Å². The molecule has 2 aromatic rings. The predicted molar refractivity (Wildman–Crippen MR) is 103 cm³/mol. The first-order valence-corrected chi connectivity index (χ1v) is 11.0. The summed E-state index contributed by atoms with van der Waals surface area (Å²) in [5, 5.41) is 4.91. The summed E-state index contributed by atoms with van der Waals surface area (Å²) < 4.78 is 13.8. The van der Waals surface area contributed by atoms with Gasteiger partial charge in [-0.3, -0.25) is 9.69 Å². The van der Waals surface area contributed by atoms with Gasteiger partial charge in [0.15, 0.2) is 0 Å². The summed E-state index contributed by atoms with van der Waals surface area (Å²) in [7, 11) is 0. The molecule has 1 amide bonds. The van der Waals surface area contributed by atoms with Gasteiger partial charge in [0.1, 0.15) is 10.7 Å². The van der Waals surface area contributed by atoms with E-state index in [0.29, 0.717) is 0 Å². The standard InChI is InChI=1S/C19H24FN3OS2/c1-14-21-15(11-26-14)10-22-7-2-5-19(12-22)6-3-8-23(13-19)18(24)17-16(20)4-9-25-17/h4,9,11H,2-3,5-8,10,12-13H2,1H3. The number of carbonyl (C=O) groups excluding carboxylic acids is 1. The van der Waals surface area contributed by atoms with Crippen molar-refractivity contribution in [1.82, 2.24) is 14.8 Å². The number of piperidine rings is 2. The predicted octanol–water partition coefficient (Wildman–Crippen LogP) is 4.17. The summed E-state index contributed by atoms with van der Waals surface area (Å²) >= 11 is 2.91. The second-order valence-corrected chi connectivity index (χ2v) is 9.58. The lowest BCUT2D eigenvalue weighted by atomic mass is 9.73. The molecule has 0 aromatic carbocycles. The number of hydrogen-bond acceptors (Lipinski definition) is 5. The SMILES string of the molecule is Cc1nc(CN2CCCC3(CCCN(C(=O)c4sccc4F)C3)C2)cs1. The van der Waals surface area contributed by atoms with Crippen molar-refractivity contribution in [2.24, 2.45) is 5.41 Å². The fourth-order valence-corrected chi connectivity index (χ4v) is 5.80. The average molecular weight is 394 g/mol. The van der Waals surface area contributed by atoms with E-state index in [-0.39, 0.29) is 22.0 Å². The van der Waals surface area contributed by atoms with E-state index in [9.17, 15) is 9.18 Å². The zero-order valence-corrected chi connectivity index (χ0v) is 16.7. The quantitative estimate of drug-likeness (QED) is 0.785. The number of rotatable bonds is 3. The molecule has 0 radical (unpaired) electrons. The highest BCUT2D eigenvalue weighted by Crippen LogP contribution is 2.39. The van der Waals surface area contributed by atoms with Crippen LogP contribution in [0.4, 0.5) is 4.39 Å². The Morgan fingerprint density at radius 1 is 1.27 bits per heavy atom. The van der Waals surface area contributed by atoms with Crippen LogP contribution in [-0.2, 0) is 6.54 Å². The Labute approximate surface area is 161 Å². The third kappa shape index (κ3) is 3.70. The Hall–Kier alpha value is -1.31. The van der Waals surface area contributed by atoms with Crippen LogP contribution in [0.2, 0.25) is 0 Å². The van der Waals surface area contributed by atoms with E-state index in [1.165, 1.54) is 17.4 Å². The highest BCUT2D eigenvalue weighted by atomic mass is 32.1. The third-order valence-electron chi connectivity index (χ3n) is 5.55. The van der Waals surface area contributed by atoms with Crippen molar-refractivity contribution in [3.8, 4) is 0 Å². The Bertz CT molecular complexity index is 785. The number of thiazole rings is 1. The number of halogens is 1. The van der Waals surface area contributed by atoms with Gasteiger partial charge in [0.05, 0.1) is 10.7 Å². The summed E-state index contributed by atoms with van der Waals surface area (Å²) in [6.07, 6.45) is 4.45. The van der Waals surface area contributed by atoms with E-state index in [4.69, 9.17) is 0 Å². The molecule has 7 heteroatoms. The zero-order valence-electron chi connectivity index (χ0n) is 15.0. The van der Waals surface area contributed by atoms with Gasteiger partial charge in [0, 0.05) is 37.0 Å². The fraction of sp³-hybridized carbons (Fsp3) is 0.579. The van der Waals surface area contributed by atoms with Gasteiger partial charge in [-0.25, -0.2) is 9.37 Å². The molecule has 0 N–H and O–H groups in total. The molecule has 1 unspecified atom stereocenters. The minimum atomic E-state index is -0.385. The second kappa shape index (κ2) is 7.37. The maximum atomic E-state index is 13.8. The van der Waals surface area contributed by atoms with E-state index in [1.54, 1.807) is 16.7 Å². The molecule has 2 saturated heterocycles. The zero-order chi connectivity index (χ0) is 18.1. The molecule has 2 aromatic heterocycles. The number of amides is 1. The molecule has 140 valence electrons. The van der Waals surface area contributed by atoms with E-state index >= 15 is 0 Å². The molecule has 1 spiro atoms. The van der Waals surface area contributed by atoms with Crippen LogP contribution in [0.25, 0.3) is 0 Å². The lowest BCUT2D eigenvalue weighted by Crippen LogP contribution is -2.53. The van der Waals surface area contributed by atoms with Crippen molar-refractivity contribution in [2.75, 3.05) is 26.2 Å². The van der Waals surface area contributed by atoms with E-state index in [2.05, 4.69) is 15.3 Å². The highest BCUT2D eigenvalue weighted by Gasteiger charge is 2.41. The van der Waals surface area contributed by atoms with Crippen LogP contribution < -0.4 is 0 Å². The Balaban J connectivity index is 1.45. The van der Waals surface area contributed by atoms with Gasteiger partial charge in [-0.1, -0.05) is 0 Å². The first kappa shape index (κ1) is 18.1. The minimum Gasteiger partial charge on any atom is -0.337 e. The number of carbonyl (C=O) groups is 1. The van der Waals surface area contributed by atoms with Gasteiger partial charge in [-0.15, -0.1) is 22.7 Å². The van der Waals surface area contributed by atoms with E-state index in [1.807, 2.05) is 11.8 Å². The molecule has 26 heavy (non-hydrogen) atoms. The lowest BCUT2D eigenvalue weighted by Gasteiger charge is -2.48. The topological polar surface area (TPSA) is 36.4 Å². The number of likely N-dealkylation sites (tertiary alicyclic amines) is 2. The molecule has 0 aliphatic carbocycles. The fourth-order valence-electron chi connectivity index (χ4n) is 4.46. The van der Waals surface area contributed by atoms with Crippen molar-refractivity contribution in [3.63, 3.8) is 0 Å². The molecular weight excluding hydrogens is 369 g/mol. The molecule has 4 nitrogen and oxygen atoms in total. The van der Waals surface area contributed by atoms with Crippen LogP contribution in [0.5, 0.6) is 0 Å². The van der Waals surface area contributed by atoms with Crippen LogP contribution in [0.1, 0.15) is 46.1 Å². The minimum absolute atomic E-state index is 0.135. The van der Waals surface area contributed by atoms with Gasteiger partial charge in [0.2, 0.25) is 0 Å². The van der Waals surface area contributed by atoms with Gasteiger partial charge in [-0.2, -0.15) is 0 Å². The van der Waals surface area contributed by atoms with Crippen molar-refractivity contribution in [3.05, 3.63) is 38.2 Å². The van der Waals surface area contributed by atoms with Crippen LogP contribution in [-0.4, -0.2) is 46.9 Å². The summed E-state index contributed by atoms with van der Waals surface area (Å²) in [6, 6.07) is 1.38. The third-order valence-corrected chi connectivity index (χ3v) is 7.25. The average Bonchev–Trinajstić information content (AvgIpc) is 3.22. The molecule has 2 fully saturated rings. The van der Waals surface area contributed by atoms with Gasteiger partial charge < -0.3 is 4.90 Å². The molecule has 0 saturated carbocycles. The van der Waals surface area contributed by atoms with Crippen LogP contribution in [0.3, 0.4) is 0 Å². The van der Waals surface area contributed by atoms with E-state index < -0.39 is 0 Å². The largest absolute Gasteiger partial charge is 0.337 e. The number of nitrogens with zero attached hydrogens (tertiary/aromatic N) is 3. The highest BCUT2D eigenvalue weighted by molar-refractivity contribution is 7.12. The number of aryl methyl sites for hydroxylation is 1. The maximum Gasteiger partial charge on any atom is 0.266 e. The summed E-state index contributed by atoms with van der Waals surface area (Å²) in [5.74, 6) is -0.521. The van der Waals surface area contributed by atoms with Crippen molar-refractivity contribution in [1.29, 1.82) is 0 Å². The van der Waals surface area contributed by atoms with Crippen molar-refractivity contribution < 1.29 is 9.18 Å². The molecule has 0 bridgehead atoms. The van der Waals surface area contributed by atoms with Crippen LogP contribution in [0.15, 0.2) is 16.8 Å². The number of aromatic nitrogens is 1. The van der Waals surface area contributed by atoms with Crippen molar-refractivity contribution in [2.45, 2.75) is 39.2 Å². The monoisotopic (exact) mass is 393 g/mol. The maximum absolute atomic E-state index is 13.8. The second-order valence-electron chi connectivity index (χ2n) is 7.60. The van der Waals surface area contributed by atoms with E-state index in [0.717, 1.165) is 69.1 Å². The molecule has 2 aliphatic heterocycles. The smallest absolute Gasteiger partial charge is 0.266 e. The lowest BCUT2D eigenvalue weighted by molar-refractivity contribution is 0.0111. The van der Waals surface area contributed by atoms with Gasteiger partial charge >= 0.3 is 0 Å². The van der Waals surface area contributed by atoms with Gasteiger partial charge in [-0.05, 0) is 50.6 Å². The number of thiophene rings is 1. The first-order chi connectivity index (χ1) is 12.5. The summed E-state index contributed by atoms with van der Waals surface area (Å²) in [4.78, 5) is 22.0. The molecule has 2 aliphatic rings.